The summed E-state index contributed by atoms with van der Waals surface area (Å²) in [5.74, 6) is 1.04. The molecule has 1 unspecified atom stereocenters. The number of carbonyl (C=O) groups is 1. The normalized spacial score (nSPS) is 20.0. The molecule has 2 aromatic rings. The molecule has 4 rings (SSSR count). The molecule has 2 fully saturated rings. The van der Waals surface area contributed by atoms with Gasteiger partial charge in [-0.1, -0.05) is 6.07 Å². The Kier molecular flexibility index (Phi) is 4.82. The molecule has 2 amide bonds. The minimum absolute atomic E-state index is 0.0114. The lowest BCUT2D eigenvalue weighted by atomic mass is 10.1. The number of nitrogens with one attached hydrogen (secondary N) is 1. The van der Waals surface area contributed by atoms with E-state index >= 15 is 0 Å². The van der Waals surface area contributed by atoms with Gasteiger partial charge in [-0.15, -0.1) is 0 Å². The molecule has 0 bridgehead atoms. The van der Waals surface area contributed by atoms with Gasteiger partial charge in [0, 0.05) is 51.3 Å². The molecule has 0 radical (unpaired) electrons. The standard InChI is InChI=1S/C20H27N5O/c1-23-10-4-6-17(23)18-7-5-13-25(18)20(26)22-15-16-8-9-19(21-14-16)24-11-2-3-12-24/h4,6,8-10,14,18H,2-3,5,7,11-13,15H2,1H3,(H,22,26). The first-order valence-corrected chi connectivity index (χ1v) is 9.58. The first-order chi connectivity index (χ1) is 12.7. The average molecular weight is 353 g/mol. The van der Waals surface area contributed by atoms with Crippen LogP contribution in [0.2, 0.25) is 0 Å². The van der Waals surface area contributed by atoms with Crippen LogP contribution in [0.1, 0.15) is 43.0 Å². The van der Waals surface area contributed by atoms with Gasteiger partial charge in [0.15, 0.2) is 0 Å². The van der Waals surface area contributed by atoms with Crippen molar-refractivity contribution >= 4 is 11.8 Å². The van der Waals surface area contributed by atoms with Gasteiger partial charge in [-0.2, -0.15) is 0 Å². The van der Waals surface area contributed by atoms with E-state index in [1.54, 1.807) is 0 Å². The number of likely N-dealkylation sites (tertiary alicyclic amines) is 1. The Bertz CT molecular complexity index is 748. The molecule has 0 spiro atoms. The Morgan fingerprint density at radius 2 is 2.04 bits per heavy atom. The van der Waals surface area contributed by atoms with Crippen LogP contribution in [-0.2, 0) is 13.6 Å². The molecular weight excluding hydrogens is 326 g/mol. The summed E-state index contributed by atoms with van der Waals surface area (Å²) >= 11 is 0. The number of amides is 2. The van der Waals surface area contributed by atoms with Crippen LogP contribution in [0.4, 0.5) is 10.6 Å². The Hall–Kier alpha value is -2.50. The zero-order valence-corrected chi connectivity index (χ0v) is 15.4. The van der Waals surface area contributed by atoms with E-state index in [2.05, 4.69) is 38.0 Å². The van der Waals surface area contributed by atoms with Gasteiger partial charge in [-0.05, 0) is 49.4 Å². The minimum Gasteiger partial charge on any atom is -0.357 e. The zero-order chi connectivity index (χ0) is 17.9. The molecule has 2 saturated heterocycles. The fourth-order valence-corrected chi connectivity index (χ4v) is 4.07. The molecule has 2 aliphatic rings. The molecule has 1 atom stereocenters. The summed E-state index contributed by atoms with van der Waals surface area (Å²) in [4.78, 5) is 21.5. The summed E-state index contributed by atoms with van der Waals surface area (Å²) in [6, 6.07) is 8.46. The van der Waals surface area contributed by atoms with E-state index in [1.165, 1.54) is 18.5 Å². The van der Waals surface area contributed by atoms with Crippen molar-refractivity contribution in [3.05, 3.63) is 47.9 Å². The van der Waals surface area contributed by atoms with Crippen molar-refractivity contribution < 1.29 is 4.79 Å². The van der Waals surface area contributed by atoms with Crippen LogP contribution in [0.15, 0.2) is 36.7 Å². The maximum Gasteiger partial charge on any atom is 0.318 e. The summed E-state index contributed by atoms with van der Waals surface area (Å²) in [7, 11) is 2.04. The molecule has 6 heteroatoms. The Labute approximate surface area is 154 Å². The van der Waals surface area contributed by atoms with E-state index in [0.29, 0.717) is 6.54 Å². The highest BCUT2D eigenvalue weighted by atomic mass is 16.2. The van der Waals surface area contributed by atoms with Gasteiger partial charge in [-0.25, -0.2) is 9.78 Å². The van der Waals surface area contributed by atoms with E-state index in [0.717, 1.165) is 43.9 Å². The average Bonchev–Trinajstić information content (AvgIpc) is 3.41. The number of pyridine rings is 1. The van der Waals surface area contributed by atoms with Crippen LogP contribution in [0.3, 0.4) is 0 Å². The van der Waals surface area contributed by atoms with Gasteiger partial charge >= 0.3 is 6.03 Å². The second-order valence-electron chi connectivity index (χ2n) is 7.27. The monoisotopic (exact) mass is 353 g/mol. The van der Waals surface area contributed by atoms with Gasteiger partial charge in [0.05, 0.1) is 6.04 Å². The molecule has 0 aliphatic carbocycles. The topological polar surface area (TPSA) is 53.4 Å². The fourth-order valence-electron chi connectivity index (χ4n) is 4.07. The van der Waals surface area contributed by atoms with E-state index in [9.17, 15) is 4.79 Å². The number of rotatable bonds is 4. The quantitative estimate of drug-likeness (QED) is 0.919. The number of anilines is 1. The Balaban J connectivity index is 1.35. The van der Waals surface area contributed by atoms with Crippen LogP contribution in [-0.4, -0.2) is 40.1 Å². The highest BCUT2D eigenvalue weighted by Gasteiger charge is 2.31. The van der Waals surface area contributed by atoms with Crippen molar-refractivity contribution in [3.63, 3.8) is 0 Å². The van der Waals surface area contributed by atoms with E-state index in [4.69, 9.17) is 0 Å². The van der Waals surface area contributed by atoms with Gasteiger partial charge in [0.1, 0.15) is 5.82 Å². The van der Waals surface area contributed by atoms with Crippen LogP contribution in [0.5, 0.6) is 0 Å². The lowest BCUT2D eigenvalue weighted by Crippen LogP contribution is -2.39. The summed E-state index contributed by atoms with van der Waals surface area (Å²) in [6.45, 7) is 3.52. The molecule has 4 heterocycles. The summed E-state index contributed by atoms with van der Waals surface area (Å²) in [5, 5.41) is 3.07. The van der Waals surface area contributed by atoms with Gasteiger partial charge < -0.3 is 19.7 Å². The number of aryl methyl sites for hydroxylation is 1. The molecule has 26 heavy (non-hydrogen) atoms. The second-order valence-corrected chi connectivity index (χ2v) is 7.27. The van der Waals surface area contributed by atoms with Crippen LogP contribution in [0, 0.1) is 0 Å². The smallest absolute Gasteiger partial charge is 0.318 e. The van der Waals surface area contributed by atoms with E-state index in [-0.39, 0.29) is 12.1 Å². The third kappa shape index (κ3) is 3.41. The van der Waals surface area contributed by atoms with Crippen molar-refractivity contribution in [1.29, 1.82) is 0 Å². The molecular formula is C20H27N5O. The number of nitrogens with zero attached hydrogens (tertiary/aromatic N) is 4. The molecule has 138 valence electrons. The van der Waals surface area contributed by atoms with Crippen LogP contribution < -0.4 is 10.2 Å². The number of aromatic nitrogens is 2. The van der Waals surface area contributed by atoms with Crippen molar-refractivity contribution in [2.45, 2.75) is 38.3 Å². The summed E-state index contributed by atoms with van der Waals surface area (Å²) in [6.07, 6.45) is 8.49. The number of carbonyl (C=O) groups excluding carboxylic acids is 1. The number of urea groups is 1. The number of hydrogen-bond acceptors (Lipinski definition) is 3. The molecule has 6 nitrogen and oxygen atoms in total. The van der Waals surface area contributed by atoms with Gasteiger partial charge in [-0.3, -0.25) is 0 Å². The Morgan fingerprint density at radius 3 is 2.73 bits per heavy atom. The van der Waals surface area contributed by atoms with Crippen LogP contribution >= 0.6 is 0 Å². The fraction of sp³-hybridized carbons (Fsp3) is 0.500. The third-order valence-electron chi connectivity index (χ3n) is 5.52. The van der Waals surface area contributed by atoms with Crippen LogP contribution in [0.25, 0.3) is 0 Å². The highest BCUT2D eigenvalue weighted by molar-refractivity contribution is 5.75. The third-order valence-corrected chi connectivity index (χ3v) is 5.52. The van der Waals surface area contributed by atoms with E-state index < -0.39 is 0 Å². The van der Waals surface area contributed by atoms with Crippen molar-refractivity contribution in [2.75, 3.05) is 24.5 Å². The van der Waals surface area contributed by atoms with E-state index in [1.807, 2.05) is 30.4 Å². The molecule has 0 aromatic carbocycles. The van der Waals surface area contributed by atoms with Gasteiger partial charge in [0.2, 0.25) is 0 Å². The van der Waals surface area contributed by atoms with Crippen molar-refractivity contribution in [2.24, 2.45) is 7.05 Å². The maximum atomic E-state index is 12.7. The Morgan fingerprint density at radius 1 is 1.19 bits per heavy atom. The second kappa shape index (κ2) is 7.40. The molecule has 0 saturated carbocycles. The molecule has 2 aromatic heterocycles. The predicted octanol–water partition coefficient (Wildman–Crippen LogP) is 3.07. The molecule has 1 N–H and O–H groups in total. The first-order valence-electron chi connectivity index (χ1n) is 9.58. The summed E-state index contributed by atoms with van der Waals surface area (Å²) in [5.41, 5.74) is 2.24. The lowest BCUT2D eigenvalue weighted by Gasteiger charge is -2.25. The summed E-state index contributed by atoms with van der Waals surface area (Å²) < 4.78 is 2.11. The number of hydrogen-bond donors (Lipinski definition) is 1. The maximum absolute atomic E-state index is 12.7. The molecule has 2 aliphatic heterocycles. The predicted molar refractivity (Wildman–Crippen MR) is 102 cm³/mol. The zero-order valence-electron chi connectivity index (χ0n) is 15.4. The highest BCUT2D eigenvalue weighted by Crippen LogP contribution is 2.31. The first kappa shape index (κ1) is 16.9. The SMILES string of the molecule is Cn1cccc1C1CCCN1C(=O)NCc1ccc(N2CCCC2)nc1. The van der Waals surface area contributed by atoms with Gasteiger partial charge in [0.25, 0.3) is 0 Å². The minimum atomic E-state index is 0.0114. The van der Waals surface area contributed by atoms with Crippen molar-refractivity contribution in [1.82, 2.24) is 19.8 Å². The largest absolute Gasteiger partial charge is 0.357 e. The lowest BCUT2D eigenvalue weighted by molar-refractivity contribution is 0.191. The van der Waals surface area contributed by atoms with Crippen molar-refractivity contribution in [3.8, 4) is 0 Å².